The molecule has 0 radical (unpaired) electrons. The summed E-state index contributed by atoms with van der Waals surface area (Å²) in [7, 11) is 0. The molecule has 7 heteroatoms. The number of hydrogen-bond donors (Lipinski definition) is 1. The first-order chi connectivity index (χ1) is 12.9. The minimum atomic E-state index is -4.30. The fraction of sp³-hybridized carbons (Fsp3) is 0.476. The second-order valence-electron chi connectivity index (χ2n) is 7.20. The van der Waals surface area contributed by atoms with Crippen molar-refractivity contribution in [1.82, 2.24) is 15.2 Å². The van der Waals surface area contributed by atoms with Crippen LogP contribution in [0.4, 0.5) is 13.2 Å². The molecular formula is C21H27ClF3N3. The van der Waals surface area contributed by atoms with Gasteiger partial charge in [0.05, 0.1) is 11.3 Å². The van der Waals surface area contributed by atoms with E-state index in [1.165, 1.54) is 12.1 Å². The average Bonchev–Trinajstić information content (AvgIpc) is 2.92. The molecule has 0 aliphatic carbocycles. The number of hydrogen-bond acceptors (Lipinski definition) is 3. The molecule has 1 aromatic heterocycles. The number of pyridine rings is 1. The average molecular weight is 414 g/mol. The molecule has 2 aromatic rings. The van der Waals surface area contributed by atoms with Crippen LogP contribution in [0.2, 0.25) is 0 Å². The Bertz CT molecular complexity index is 729. The van der Waals surface area contributed by atoms with Crippen molar-refractivity contribution in [2.45, 2.75) is 51.5 Å². The topological polar surface area (TPSA) is 28.2 Å². The molecule has 1 unspecified atom stereocenters. The van der Waals surface area contributed by atoms with Crippen LogP contribution in [0.5, 0.6) is 0 Å². The maximum Gasteiger partial charge on any atom is 0.416 e. The standard InChI is InChI=1S/C21H26F3N3.ClH/c1-16-13-18(21(22,23)24)8-7-17(16)14-27(15-19-5-2-3-11-26-19)20-6-4-10-25-12-9-20;/h2-3,5,7-8,11,13,20,25H,4,6,9-10,12,14-15H2,1H3;1H. The summed E-state index contributed by atoms with van der Waals surface area (Å²) in [6.07, 6.45) is 0.705. The van der Waals surface area contributed by atoms with Gasteiger partial charge in [-0.2, -0.15) is 13.2 Å². The summed E-state index contributed by atoms with van der Waals surface area (Å²) in [4.78, 5) is 6.81. The van der Waals surface area contributed by atoms with Crippen LogP contribution in [0.3, 0.4) is 0 Å². The van der Waals surface area contributed by atoms with Crippen LogP contribution < -0.4 is 5.32 Å². The van der Waals surface area contributed by atoms with Gasteiger partial charge in [0.2, 0.25) is 0 Å². The molecule has 0 spiro atoms. The summed E-state index contributed by atoms with van der Waals surface area (Å²) in [5.41, 5.74) is 2.02. The third kappa shape index (κ3) is 6.19. The summed E-state index contributed by atoms with van der Waals surface area (Å²) in [5, 5.41) is 3.43. The summed E-state index contributed by atoms with van der Waals surface area (Å²) in [6, 6.07) is 10.3. The van der Waals surface area contributed by atoms with Gasteiger partial charge in [-0.25, -0.2) is 0 Å². The maximum atomic E-state index is 13.0. The maximum absolute atomic E-state index is 13.0. The van der Waals surface area contributed by atoms with E-state index in [1.807, 2.05) is 18.2 Å². The molecule has 0 amide bonds. The largest absolute Gasteiger partial charge is 0.416 e. The number of rotatable bonds is 5. The van der Waals surface area contributed by atoms with Gasteiger partial charge in [-0.1, -0.05) is 12.1 Å². The van der Waals surface area contributed by atoms with Crippen LogP contribution in [-0.2, 0) is 19.3 Å². The Morgan fingerprint density at radius 3 is 2.61 bits per heavy atom. The van der Waals surface area contributed by atoms with E-state index in [0.717, 1.165) is 43.6 Å². The normalized spacial score (nSPS) is 17.8. The lowest BCUT2D eigenvalue weighted by Crippen LogP contribution is -2.35. The molecule has 1 fully saturated rings. The lowest BCUT2D eigenvalue weighted by Gasteiger charge is -2.31. The molecule has 28 heavy (non-hydrogen) atoms. The number of nitrogens with one attached hydrogen (secondary N) is 1. The number of nitrogens with zero attached hydrogens (tertiary/aromatic N) is 2. The molecule has 3 rings (SSSR count). The van der Waals surface area contributed by atoms with Crippen molar-refractivity contribution < 1.29 is 13.2 Å². The van der Waals surface area contributed by atoms with Crippen molar-refractivity contribution in [3.63, 3.8) is 0 Å². The predicted molar refractivity (Wildman–Crippen MR) is 107 cm³/mol. The van der Waals surface area contributed by atoms with E-state index in [-0.39, 0.29) is 12.4 Å². The van der Waals surface area contributed by atoms with Crippen molar-refractivity contribution in [1.29, 1.82) is 0 Å². The van der Waals surface area contributed by atoms with E-state index in [9.17, 15) is 13.2 Å². The summed E-state index contributed by atoms with van der Waals surface area (Å²) < 4.78 is 38.9. The predicted octanol–water partition coefficient (Wildman–Crippen LogP) is 4.97. The SMILES string of the molecule is Cc1cc(C(F)(F)F)ccc1CN(Cc1ccccn1)C1CCCNCC1.Cl. The molecule has 0 saturated carbocycles. The van der Waals surface area contributed by atoms with E-state index in [4.69, 9.17) is 0 Å². The zero-order chi connectivity index (χ0) is 19.3. The van der Waals surface area contributed by atoms with Crippen LogP contribution in [0, 0.1) is 6.92 Å². The van der Waals surface area contributed by atoms with E-state index in [1.54, 1.807) is 19.2 Å². The minimum Gasteiger partial charge on any atom is -0.317 e. The first kappa shape index (κ1) is 22.7. The van der Waals surface area contributed by atoms with Gasteiger partial charge in [-0.05, 0) is 74.7 Å². The van der Waals surface area contributed by atoms with Gasteiger partial charge in [0.15, 0.2) is 0 Å². The number of aromatic nitrogens is 1. The van der Waals surface area contributed by atoms with Crippen molar-refractivity contribution in [2.24, 2.45) is 0 Å². The Kier molecular flexibility index (Phi) is 8.28. The number of benzene rings is 1. The van der Waals surface area contributed by atoms with Crippen molar-refractivity contribution >= 4 is 12.4 Å². The van der Waals surface area contributed by atoms with Crippen LogP contribution >= 0.6 is 12.4 Å². The van der Waals surface area contributed by atoms with Crippen LogP contribution in [0.1, 0.15) is 41.6 Å². The van der Waals surface area contributed by atoms with Crippen LogP contribution in [-0.4, -0.2) is 29.0 Å². The highest BCUT2D eigenvalue weighted by atomic mass is 35.5. The van der Waals surface area contributed by atoms with Crippen molar-refractivity contribution in [3.05, 3.63) is 65.0 Å². The summed E-state index contributed by atoms with van der Waals surface area (Å²) >= 11 is 0. The Labute approximate surface area is 170 Å². The Hall–Kier alpha value is -1.63. The molecule has 1 atom stereocenters. The van der Waals surface area contributed by atoms with Crippen molar-refractivity contribution in [2.75, 3.05) is 13.1 Å². The highest BCUT2D eigenvalue weighted by Crippen LogP contribution is 2.31. The van der Waals surface area contributed by atoms with Gasteiger partial charge >= 0.3 is 6.18 Å². The van der Waals surface area contributed by atoms with Gasteiger partial charge in [-0.15, -0.1) is 12.4 Å². The van der Waals surface area contributed by atoms with E-state index < -0.39 is 11.7 Å². The molecule has 1 saturated heterocycles. The van der Waals surface area contributed by atoms with Gasteiger partial charge in [0.1, 0.15) is 0 Å². The molecule has 154 valence electrons. The minimum absolute atomic E-state index is 0. The Balaban J connectivity index is 0.00000280. The Morgan fingerprint density at radius 2 is 1.93 bits per heavy atom. The zero-order valence-electron chi connectivity index (χ0n) is 16.0. The van der Waals surface area contributed by atoms with E-state index >= 15 is 0 Å². The molecule has 0 bridgehead atoms. The monoisotopic (exact) mass is 413 g/mol. The molecule has 1 aliphatic heterocycles. The second-order valence-corrected chi connectivity index (χ2v) is 7.20. The Morgan fingerprint density at radius 1 is 1.11 bits per heavy atom. The summed E-state index contributed by atoms with van der Waals surface area (Å²) in [6.45, 7) is 5.08. The quantitative estimate of drug-likeness (QED) is 0.749. The molecule has 3 nitrogen and oxygen atoms in total. The highest BCUT2D eigenvalue weighted by Gasteiger charge is 2.31. The van der Waals surface area contributed by atoms with Gasteiger partial charge in [0, 0.05) is 25.3 Å². The first-order valence-corrected chi connectivity index (χ1v) is 9.45. The second kappa shape index (κ2) is 10.2. The highest BCUT2D eigenvalue weighted by molar-refractivity contribution is 5.85. The molecule has 1 aromatic carbocycles. The third-order valence-corrected chi connectivity index (χ3v) is 5.20. The molecular weight excluding hydrogens is 387 g/mol. The van der Waals surface area contributed by atoms with E-state index in [0.29, 0.717) is 24.7 Å². The van der Waals surface area contributed by atoms with E-state index in [2.05, 4.69) is 15.2 Å². The number of aryl methyl sites for hydroxylation is 1. The fourth-order valence-corrected chi connectivity index (χ4v) is 3.65. The molecule has 1 aliphatic rings. The van der Waals surface area contributed by atoms with Gasteiger partial charge < -0.3 is 5.32 Å². The lowest BCUT2D eigenvalue weighted by molar-refractivity contribution is -0.137. The third-order valence-electron chi connectivity index (χ3n) is 5.20. The van der Waals surface area contributed by atoms with Crippen LogP contribution in [0.25, 0.3) is 0 Å². The van der Waals surface area contributed by atoms with Gasteiger partial charge in [0.25, 0.3) is 0 Å². The zero-order valence-corrected chi connectivity index (χ0v) is 16.8. The number of halogens is 4. The fourth-order valence-electron chi connectivity index (χ4n) is 3.65. The van der Waals surface area contributed by atoms with Crippen molar-refractivity contribution in [3.8, 4) is 0 Å². The van der Waals surface area contributed by atoms with Gasteiger partial charge in [-0.3, -0.25) is 9.88 Å². The number of alkyl halides is 3. The lowest BCUT2D eigenvalue weighted by atomic mass is 10.0. The molecule has 2 heterocycles. The molecule has 1 N–H and O–H groups in total. The first-order valence-electron chi connectivity index (χ1n) is 9.45. The van der Waals surface area contributed by atoms with Crippen LogP contribution in [0.15, 0.2) is 42.6 Å². The smallest absolute Gasteiger partial charge is 0.317 e. The summed E-state index contributed by atoms with van der Waals surface area (Å²) in [5.74, 6) is 0.